The number of hydrogen-bond acceptors (Lipinski definition) is 4. The summed E-state index contributed by atoms with van der Waals surface area (Å²) in [5, 5.41) is 3.31. The number of halogens is 1. The van der Waals surface area contributed by atoms with E-state index in [-0.39, 0.29) is 10.8 Å². The van der Waals surface area contributed by atoms with Crippen LogP contribution < -0.4 is 9.62 Å². The highest BCUT2D eigenvalue weighted by atomic mass is 35.5. The van der Waals surface area contributed by atoms with Crippen LogP contribution in [0.3, 0.4) is 0 Å². The first-order valence-electron chi connectivity index (χ1n) is 8.49. The molecule has 1 N–H and O–H groups in total. The summed E-state index contributed by atoms with van der Waals surface area (Å²) in [6.07, 6.45) is 0.837. The first-order valence-corrected chi connectivity index (χ1v) is 10.3. The summed E-state index contributed by atoms with van der Waals surface area (Å²) in [7, 11) is 1.66. The van der Waals surface area contributed by atoms with Gasteiger partial charge in [0.25, 0.3) is 15.9 Å². The Bertz CT molecular complexity index is 883. The minimum atomic E-state index is -3.74. The predicted octanol–water partition coefficient (Wildman–Crippen LogP) is 2.85. The lowest BCUT2D eigenvalue weighted by atomic mass is 10.2. The van der Waals surface area contributed by atoms with E-state index in [1.165, 1.54) is 31.3 Å². The summed E-state index contributed by atoms with van der Waals surface area (Å²) in [5.74, 6) is -0.229. The zero-order valence-electron chi connectivity index (χ0n) is 15.6. The molecule has 0 saturated heterocycles. The van der Waals surface area contributed by atoms with Crippen molar-refractivity contribution in [1.29, 1.82) is 0 Å². The van der Waals surface area contributed by atoms with E-state index in [0.717, 1.165) is 17.3 Å². The van der Waals surface area contributed by atoms with Gasteiger partial charge in [0.05, 0.1) is 10.6 Å². The van der Waals surface area contributed by atoms with Crippen molar-refractivity contribution in [3.8, 4) is 0 Å². The van der Waals surface area contributed by atoms with Gasteiger partial charge in [0.2, 0.25) is 0 Å². The Hall–Kier alpha value is -2.09. The Morgan fingerprint density at radius 3 is 2.37 bits per heavy atom. The van der Waals surface area contributed by atoms with Crippen molar-refractivity contribution in [3.05, 3.63) is 59.1 Å². The van der Waals surface area contributed by atoms with Crippen molar-refractivity contribution in [1.82, 2.24) is 10.2 Å². The van der Waals surface area contributed by atoms with Crippen molar-refractivity contribution in [3.63, 3.8) is 0 Å². The van der Waals surface area contributed by atoms with Gasteiger partial charge < -0.3 is 10.2 Å². The van der Waals surface area contributed by atoms with E-state index < -0.39 is 10.0 Å². The largest absolute Gasteiger partial charge is 0.352 e. The molecule has 0 radical (unpaired) electrons. The lowest BCUT2D eigenvalue weighted by Crippen LogP contribution is -2.28. The molecule has 0 heterocycles. The first kappa shape index (κ1) is 21.2. The summed E-state index contributed by atoms with van der Waals surface area (Å²) >= 11 is 5.83. The Morgan fingerprint density at radius 2 is 1.74 bits per heavy atom. The van der Waals surface area contributed by atoms with E-state index in [2.05, 4.69) is 5.32 Å². The fraction of sp³-hybridized carbons (Fsp3) is 0.316. The highest BCUT2D eigenvalue weighted by Crippen LogP contribution is 2.24. The highest BCUT2D eigenvalue weighted by molar-refractivity contribution is 7.92. The monoisotopic (exact) mass is 409 g/mol. The van der Waals surface area contributed by atoms with Crippen molar-refractivity contribution in [2.45, 2.75) is 11.3 Å². The second kappa shape index (κ2) is 9.21. The number of nitrogens with zero attached hydrogens (tertiary/aromatic N) is 2. The van der Waals surface area contributed by atoms with Gasteiger partial charge in [-0.3, -0.25) is 9.10 Å². The third kappa shape index (κ3) is 5.69. The molecule has 0 aliphatic heterocycles. The van der Waals surface area contributed by atoms with Gasteiger partial charge in [-0.15, -0.1) is 0 Å². The molecule has 2 rings (SSSR count). The quantitative estimate of drug-likeness (QED) is 0.680. The van der Waals surface area contributed by atoms with Gasteiger partial charge in [-0.25, -0.2) is 8.42 Å². The van der Waals surface area contributed by atoms with Gasteiger partial charge in [-0.05, 0) is 69.5 Å². The van der Waals surface area contributed by atoms with Crippen LogP contribution in [0.1, 0.15) is 16.8 Å². The van der Waals surface area contributed by atoms with Gasteiger partial charge in [-0.2, -0.15) is 0 Å². The number of amides is 1. The van der Waals surface area contributed by atoms with Crippen molar-refractivity contribution >= 4 is 33.2 Å². The molecule has 1 amide bonds. The van der Waals surface area contributed by atoms with Crippen LogP contribution >= 0.6 is 11.6 Å². The molecule has 0 aliphatic carbocycles. The molecular formula is C19H24ClN3O3S. The van der Waals surface area contributed by atoms with Gasteiger partial charge in [0, 0.05) is 24.2 Å². The second-order valence-electron chi connectivity index (χ2n) is 6.39. The van der Waals surface area contributed by atoms with Crippen molar-refractivity contribution in [2.75, 3.05) is 38.5 Å². The molecule has 2 aromatic carbocycles. The SMILES string of the molecule is CN(C)CCCNC(=O)c1cccc(N(C)S(=O)(=O)c2ccc(Cl)cc2)c1. The molecule has 146 valence electrons. The fourth-order valence-corrected chi connectivity index (χ4v) is 3.76. The summed E-state index contributed by atoms with van der Waals surface area (Å²) in [6, 6.07) is 12.5. The summed E-state index contributed by atoms with van der Waals surface area (Å²) in [5.41, 5.74) is 0.821. The topological polar surface area (TPSA) is 69.7 Å². The lowest BCUT2D eigenvalue weighted by Gasteiger charge is -2.20. The predicted molar refractivity (Wildman–Crippen MR) is 109 cm³/mol. The van der Waals surface area contributed by atoms with Crippen LogP contribution in [0.25, 0.3) is 0 Å². The van der Waals surface area contributed by atoms with Crippen LogP contribution in [0, 0.1) is 0 Å². The maximum absolute atomic E-state index is 12.8. The molecule has 6 nitrogen and oxygen atoms in total. The maximum atomic E-state index is 12.8. The van der Waals surface area contributed by atoms with Crippen molar-refractivity contribution < 1.29 is 13.2 Å². The second-order valence-corrected chi connectivity index (χ2v) is 8.80. The van der Waals surface area contributed by atoms with Gasteiger partial charge >= 0.3 is 0 Å². The standard InChI is InChI=1S/C19H24ClN3O3S/c1-22(2)13-5-12-21-19(24)15-6-4-7-17(14-15)23(3)27(25,26)18-10-8-16(20)9-11-18/h4,6-11,14H,5,12-13H2,1-3H3,(H,21,24). The summed E-state index contributed by atoms with van der Waals surface area (Å²) < 4.78 is 26.7. The molecule has 2 aromatic rings. The molecule has 8 heteroatoms. The van der Waals surface area contributed by atoms with Crippen LogP contribution in [0.15, 0.2) is 53.4 Å². The Labute approximate surface area is 165 Å². The number of anilines is 1. The summed E-state index contributed by atoms with van der Waals surface area (Å²) in [6.45, 7) is 1.43. The normalized spacial score (nSPS) is 11.4. The van der Waals surface area contributed by atoms with Crippen molar-refractivity contribution in [2.24, 2.45) is 0 Å². The Kier molecular flexibility index (Phi) is 7.24. The number of nitrogens with one attached hydrogen (secondary N) is 1. The van der Waals surface area contributed by atoms with Gasteiger partial charge in [-0.1, -0.05) is 17.7 Å². The fourth-order valence-electron chi connectivity index (χ4n) is 2.45. The molecule has 27 heavy (non-hydrogen) atoms. The number of hydrogen-bond donors (Lipinski definition) is 1. The van der Waals surface area contributed by atoms with Crippen LogP contribution in [0.5, 0.6) is 0 Å². The van der Waals surface area contributed by atoms with E-state index in [1.54, 1.807) is 24.3 Å². The molecule has 0 atom stereocenters. The maximum Gasteiger partial charge on any atom is 0.264 e. The molecular weight excluding hydrogens is 386 g/mol. The average Bonchev–Trinajstić information content (AvgIpc) is 2.64. The number of rotatable bonds is 8. The number of sulfonamides is 1. The molecule has 0 spiro atoms. The van der Waals surface area contributed by atoms with Crippen LogP contribution in [0.2, 0.25) is 5.02 Å². The van der Waals surface area contributed by atoms with E-state index in [4.69, 9.17) is 11.6 Å². The Morgan fingerprint density at radius 1 is 1.07 bits per heavy atom. The smallest absolute Gasteiger partial charge is 0.264 e. The Balaban J connectivity index is 2.13. The summed E-state index contributed by atoms with van der Waals surface area (Å²) in [4.78, 5) is 14.5. The van der Waals surface area contributed by atoms with Crippen LogP contribution in [-0.2, 0) is 10.0 Å². The van der Waals surface area contributed by atoms with Gasteiger partial charge in [0.15, 0.2) is 0 Å². The molecule has 0 aromatic heterocycles. The molecule has 0 unspecified atom stereocenters. The van der Waals surface area contributed by atoms with Crippen LogP contribution in [-0.4, -0.2) is 53.5 Å². The average molecular weight is 410 g/mol. The third-order valence-corrected chi connectivity index (χ3v) is 6.06. The van der Waals surface area contributed by atoms with E-state index in [1.807, 2.05) is 19.0 Å². The van der Waals surface area contributed by atoms with Crippen LogP contribution in [0.4, 0.5) is 5.69 Å². The minimum absolute atomic E-state index is 0.132. The molecule has 0 saturated carbocycles. The van der Waals surface area contributed by atoms with E-state index >= 15 is 0 Å². The van der Waals surface area contributed by atoms with E-state index in [0.29, 0.717) is 22.8 Å². The minimum Gasteiger partial charge on any atom is -0.352 e. The zero-order valence-corrected chi connectivity index (χ0v) is 17.2. The third-order valence-electron chi connectivity index (χ3n) is 4.01. The lowest BCUT2D eigenvalue weighted by molar-refractivity contribution is 0.0952. The molecule has 0 bridgehead atoms. The molecule has 0 aliphatic rings. The number of benzene rings is 2. The molecule has 0 fully saturated rings. The number of carbonyl (C=O) groups is 1. The van der Waals surface area contributed by atoms with Gasteiger partial charge in [0.1, 0.15) is 0 Å². The first-order chi connectivity index (χ1) is 12.7. The van der Waals surface area contributed by atoms with E-state index in [9.17, 15) is 13.2 Å². The zero-order chi connectivity index (χ0) is 20.0. The number of carbonyl (C=O) groups excluding carboxylic acids is 1. The highest BCUT2D eigenvalue weighted by Gasteiger charge is 2.22.